The van der Waals surface area contributed by atoms with Crippen LogP contribution < -0.4 is 4.74 Å². The van der Waals surface area contributed by atoms with E-state index < -0.39 is 0 Å². The predicted octanol–water partition coefficient (Wildman–Crippen LogP) is 4.35. The van der Waals surface area contributed by atoms with Crippen LogP contribution in [-0.2, 0) is 6.42 Å². The Balaban J connectivity index is 2.22. The molecule has 0 atom stereocenters. The SMILES string of the molecule is CCc1c(C)[nH]c(Sc2ccc(OC)cc2)c1C. The Morgan fingerprint density at radius 3 is 2.33 bits per heavy atom. The number of methoxy groups -OCH3 is 1. The molecule has 0 bridgehead atoms. The van der Waals surface area contributed by atoms with Gasteiger partial charge in [-0.3, -0.25) is 0 Å². The van der Waals surface area contributed by atoms with Gasteiger partial charge in [0.15, 0.2) is 0 Å². The molecule has 0 aliphatic rings. The van der Waals surface area contributed by atoms with E-state index in [0.29, 0.717) is 0 Å². The van der Waals surface area contributed by atoms with Crippen molar-refractivity contribution in [3.05, 3.63) is 41.1 Å². The van der Waals surface area contributed by atoms with Crippen LogP contribution in [0.2, 0.25) is 0 Å². The Labute approximate surface area is 113 Å². The summed E-state index contributed by atoms with van der Waals surface area (Å²) in [5, 5.41) is 1.24. The zero-order valence-electron chi connectivity index (χ0n) is 11.3. The zero-order valence-corrected chi connectivity index (χ0v) is 12.1. The topological polar surface area (TPSA) is 25.0 Å². The van der Waals surface area contributed by atoms with Gasteiger partial charge >= 0.3 is 0 Å². The average molecular weight is 261 g/mol. The van der Waals surface area contributed by atoms with Crippen molar-refractivity contribution in [2.75, 3.05) is 7.11 Å². The lowest BCUT2D eigenvalue weighted by Crippen LogP contribution is -1.83. The first kappa shape index (κ1) is 13.1. The third kappa shape index (κ3) is 2.56. The monoisotopic (exact) mass is 261 g/mol. The molecular weight excluding hydrogens is 242 g/mol. The number of nitrogens with one attached hydrogen (secondary N) is 1. The first-order valence-corrected chi connectivity index (χ1v) is 6.97. The predicted molar refractivity (Wildman–Crippen MR) is 76.8 cm³/mol. The van der Waals surface area contributed by atoms with Gasteiger partial charge < -0.3 is 9.72 Å². The Hall–Kier alpha value is -1.35. The molecule has 0 aliphatic carbocycles. The standard InChI is InChI=1S/C15H19NOS/c1-5-14-10(2)15(16-11(14)3)18-13-8-6-12(17-4)7-9-13/h6-9,16H,5H2,1-4H3. The summed E-state index contributed by atoms with van der Waals surface area (Å²) in [6, 6.07) is 8.16. The molecule has 2 aromatic rings. The van der Waals surface area contributed by atoms with Gasteiger partial charge in [0.25, 0.3) is 0 Å². The summed E-state index contributed by atoms with van der Waals surface area (Å²) >= 11 is 1.77. The van der Waals surface area contributed by atoms with Crippen LogP contribution in [0.1, 0.15) is 23.7 Å². The first-order valence-electron chi connectivity index (χ1n) is 6.15. The van der Waals surface area contributed by atoms with Crippen LogP contribution in [-0.4, -0.2) is 12.1 Å². The number of H-pyrrole nitrogens is 1. The van der Waals surface area contributed by atoms with Crippen molar-refractivity contribution in [2.45, 2.75) is 37.1 Å². The van der Waals surface area contributed by atoms with Crippen LogP contribution in [0.4, 0.5) is 0 Å². The van der Waals surface area contributed by atoms with Gasteiger partial charge in [-0.2, -0.15) is 0 Å². The minimum absolute atomic E-state index is 0.896. The van der Waals surface area contributed by atoms with E-state index in [1.807, 2.05) is 12.1 Å². The van der Waals surface area contributed by atoms with Crippen molar-refractivity contribution in [1.29, 1.82) is 0 Å². The van der Waals surface area contributed by atoms with Crippen LogP contribution in [0, 0.1) is 13.8 Å². The number of aromatic amines is 1. The maximum Gasteiger partial charge on any atom is 0.118 e. The van der Waals surface area contributed by atoms with Crippen molar-refractivity contribution in [3.8, 4) is 5.75 Å². The fraction of sp³-hybridized carbons (Fsp3) is 0.333. The lowest BCUT2D eigenvalue weighted by Gasteiger charge is -2.03. The molecule has 18 heavy (non-hydrogen) atoms. The molecule has 0 aliphatic heterocycles. The first-order chi connectivity index (χ1) is 8.65. The third-order valence-corrected chi connectivity index (χ3v) is 4.30. The Morgan fingerprint density at radius 2 is 1.83 bits per heavy atom. The lowest BCUT2D eigenvalue weighted by atomic mass is 10.1. The van der Waals surface area contributed by atoms with E-state index in [4.69, 9.17) is 4.74 Å². The summed E-state index contributed by atoms with van der Waals surface area (Å²) in [5.74, 6) is 0.896. The summed E-state index contributed by atoms with van der Waals surface area (Å²) in [7, 11) is 1.69. The molecule has 2 rings (SSSR count). The fourth-order valence-electron chi connectivity index (χ4n) is 2.15. The van der Waals surface area contributed by atoms with Crippen molar-refractivity contribution in [2.24, 2.45) is 0 Å². The molecule has 0 radical (unpaired) electrons. The molecule has 0 saturated heterocycles. The number of benzene rings is 1. The van der Waals surface area contributed by atoms with E-state index in [9.17, 15) is 0 Å². The van der Waals surface area contributed by atoms with Crippen LogP contribution in [0.15, 0.2) is 34.2 Å². The van der Waals surface area contributed by atoms with Crippen LogP contribution in [0.3, 0.4) is 0 Å². The van der Waals surface area contributed by atoms with Gasteiger partial charge in [0.1, 0.15) is 5.75 Å². The van der Waals surface area contributed by atoms with Crippen molar-refractivity contribution in [3.63, 3.8) is 0 Å². The van der Waals surface area contributed by atoms with E-state index in [1.54, 1.807) is 18.9 Å². The van der Waals surface area contributed by atoms with Gasteiger partial charge in [-0.25, -0.2) is 0 Å². The molecule has 96 valence electrons. The number of aromatic nitrogens is 1. The van der Waals surface area contributed by atoms with Crippen molar-refractivity contribution < 1.29 is 4.74 Å². The van der Waals surface area contributed by atoms with E-state index in [2.05, 4.69) is 37.9 Å². The van der Waals surface area contributed by atoms with E-state index in [0.717, 1.165) is 12.2 Å². The highest BCUT2D eigenvalue weighted by Crippen LogP contribution is 2.33. The summed E-state index contributed by atoms with van der Waals surface area (Å²) in [6.45, 7) is 6.53. The quantitative estimate of drug-likeness (QED) is 0.885. The largest absolute Gasteiger partial charge is 0.497 e. The molecule has 0 saturated carbocycles. The lowest BCUT2D eigenvalue weighted by molar-refractivity contribution is 0.414. The second-order valence-electron chi connectivity index (χ2n) is 4.31. The van der Waals surface area contributed by atoms with Gasteiger partial charge in [0.05, 0.1) is 12.1 Å². The normalized spacial score (nSPS) is 10.7. The Bertz CT molecular complexity index is 528. The van der Waals surface area contributed by atoms with Crippen molar-refractivity contribution in [1.82, 2.24) is 4.98 Å². The Morgan fingerprint density at radius 1 is 1.17 bits per heavy atom. The molecule has 0 amide bonds. The maximum atomic E-state index is 5.17. The highest BCUT2D eigenvalue weighted by atomic mass is 32.2. The number of ether oxygens (including phenoxy) is 1. The van der Waals surface area contributed by atoms with Gasteiger partial charge in [-0.1, -0.05) is 18.7 Å². The zero-order chi connectivity index (χ0) is 13.1. The number of hydrogen-bond donors (Lipinski definition) is 1. The van der Waals surface area contributed by atoms with Crippen LogP contribution >= 0.6 is 11.8 Å². The van der Waals surface area contributed by atoms with Gasteiger partial charge in [-0.15, -0.1) is 0 Å². The highest BCUT2D eigenvalue weighted by Gasteiger charge is 2.10. The van der Waals surface area contributed by atoms with Crippen LogP contribution in [0.25, 0.3) is 0 Å². The Kier molecular flexibility index (Phi) is 4.02. The second kappa shape index (κ2) is 5.53. The van der Waals surface area contributed by atoms with E-state index in [-0.39, 0.29) is 0 Å². The number of hydrogen-bond acceptors (Lipinski definition) is 2. The molecule has 1 heterocycles. The van der Waals surface area contributed by atoms with E-state index >= 15 is 0 Å². The van der Waals surface area contributed by atoms with Crippen molar-refractivity contribution >= 4 is 11.8 Å². The summed E-state index contributed by atoms with van der Waals surface area (Å²) in [6.07, 6.45) is 1.08. The molecule has 0 spiro atoms. The second-order valence-corrected chi connectivity index (χ2v) is 5.40. The highest BCUT2D eigenvalue weighted by molar-refractivity contribution is 7.99. The molecule has 1 aromatic carbocycles. The molecule has 1 aromatic heterocycles. The molecule has 3 heteroatoms. The maximum absolute atomic E-state index is 5.17. The molecule has 1 N–H and O–H groups in total. The average Bonchev–Trinajstić information content (AvgIpc) is 2.65. The smallest absolute Gasteiger partial charge is 0.118 e. The van der Waals surface area contributed by atoms with E-state index in [1.165, 1.54) is 26.7 Å². The summed E-state index contributed by atoms with van der Waals surface area (Å²) in [5.41, 5.74) is 4.09. The minimum atomic E-state index is 0.896. The van der Waals surface area contributed by atoms with Gasteiger partial charge in [0, 0.05) is 10.6 Å². The molecule has 0 fully saturated rings. The number of aryl methyl sites for hydroxylation is 1. The van der Waals surface area contributed by atoms with Gasteiger partial charge in [0.2, 0.25) is 0 Å². The van der Waals surface area contributed by atoms with Gasteiger partial charge in [-0.05, 0) is 55.7 Å². The molecule has 2 nitrogen and oxygen atoms in total. The molecule has 0 unspecified atom stereocenters. The number of rotatable bonds is 4. The fourth-order valence-corrected chi connectivity index (χ4v) is 3.14. The molecular formula is C15H19NOS. The van der Waals surface area contributed by atoms with Crippen LogP contribution in [0.5, 0.6) is 5.75 Å². The third-order valence-electron chi connectivity index (χ3n) is 3.18. The minimum Gasteiger partial charge on any atom is -0.497 e. The summed E-state index contributed by atoms with van der Waals surface area (Å²) in [4.78, 5) is 4.70. The summed E-state index contributed by atoms with van der Waals surface area (Å²) < 4.78 is 5.17.